The highest BCUT2D eigenvalue weighted by atomic mass is 35.5. The van der Waals surface area contributed by atoms with E-state index in [1.165, 1.54) is 18.3 Å². The molecule has 3 rings (SSSR count). The van der Waals surface area contributed by atoms with Crippen molar-refractivity contribution in [2.24, 2.45) is 0 Å². The second kappa shape index (κ2) is 8.17. The topological polar surface area (TPSA) is 46.6 Å². The highest BCUT2D eigenvalue weighted by molar-refractivity contribution is 7.12. The maximum atomic E-state index is 12.6. The summed E-state index contributed by atoms with van der Waals surface area (Å²) in [5.41, 5.74) is 2.52. The van der Waals surface area contributed by atoms with E-state index in [0.717, 1.165) is 21.8 Å². The summed E-state index contributed by atoms with van der Waals surface area (Å²) in [6.45, 7) is 1.51. The number of amides is 1. The largest absolute Gasteiger partial charge is 0.373 e. The molecule has 0 atom stereocenters. The quantitative estimate of drug-likeness (QED) is 0.580. The summed E-state index contributed by atoms with van der Waals surface area (Å²) < 4.78 is 0. The maximum Gasteiger partial charge on any atom is 0.373 e. The van der Waals surface area contributed by atoms with Crippen molar-refractivity contribution in [3.05, 3.63) is 81.5 Å². The molecule has 3 aromatic rings. The van der Waals surface area contributed by atoms with Gasteiger partial charge in [0.2, 0.25) is 0 Å². The van der Waals surface area contributed by atoms with E-state index in [-0.39, 0.29) is 12.5 Å². The molecule has 6 heteroatoms. The van der Waals surface area contributed by atoms with Gasteiger partial charge in [-0.25, -0.2) is 4.79 Å². The lowest BCUT2D eigenvalue weighted by molar-refractivity contribution is -0.167. The molecular formula is C20H16ClNO3S. The number of halogens is 1. The Morgan fingerprint density at radius 1 is 1.04 bits per heavy atom. The molecule has 26 heavy (non-hydrogen) atoms. The third-order valence-corrected chi connectivity index (χ3v) is 4.87. The van der Waals surface area contributed by atoms with Crippen LogP contribution in [0, 0.1) is 0 Å². The summed E-state index contributed by atoms with van der Waals surface area (Å²) in [5, 5.41) is 3.49. The molecule has 0 unspecified atom stereocenters. The normalized spacial score (nSPS) is 10.4. The molecule has 1 amide bonds. The summed E-state index contributed by atoms with van der Waals surface area (Å²) in [7, 11) is 0. The van der Waals surface area contributed by atoms with Crippen molar-refractivity contribution in [1.82, 2.24) is 5.06 Å². The Kier molecular flexibility index (Phi) is 5.71. The minimum atomic E-state index is -0.553. The van der Waals surface area contributed by atoms with Crippen LogP contribution < -0.4 is 0 Å². The van der Waals surface area contributed by atoms with Gasteiger partial charge >= 0.3 is 5.97 Å². The molecule has 0 spiro atoms. The first kappa shape index (κ1) is 18.2. The van der Waals surface area contributed by atoms with Crippen molar-refractivity contribution in [1.29, 1.82) is 0 Å². The average molecular weight is 386 g/mol. The number of hydrogen-bond donors (Lipinski definition) is 0. The molecule has 0 aliphatic carbocycles. The van der Waals surface area contributed by atoms with Gasteiger partial charge in [-0.1, -0.05) is 54.1 Å². The molecular weight excluding hydrogens is 370 g/mol. The third kappa shape index (κ3) is 4.31. The fraction of sp³-hybridized carbons (Fsp3) is 0.100. The minimum Gasteiger partial charge on any atom is -0.331 e. The maximum absolute atomic E-state index is 12.6. The van der Waals surface area contributed by atoms with Gasteiger partial charge in [-0.05, 0) is 34.7 Å². The molecule has 0 saturated carbocycles. The molecule has 0 radical (unpaired) electrons. The van der Waals surface area contributed by atoms with Crippen LogP contribution in [0.4, 0.5) is 0 Å². The van der Waals surface area contributed by atoms with Gasteiger partial charge in [0, 0.05) is 17.5 Å². The molecule has 1 aromatic heterocycles. The molecule has 0 fully saturated rings. The van der Waals surface area contributed by atoms with Crippen molar-refractivity contribution < 1.29 is 14.4 Å². The van der Waals surface area contributed by atoms with Crippen LogP contribution in [-0.4, -0.2) is 16.9 Å². The summed E-state index contributed by atoms with van der Waals surface area (Å²) in [4.78, 5) is 30.4. The smallest absolute Gasteiger partial charge is 0.331 e. The standard InChI is InChI=1S/C20H16ClNO3S/c1-14(23)22(13-15-7-9-17(21)10-8-15)25-20(24)19-18(11-12-26-19)16-5-3-2-4-6-16/h2-12H,13H2,1H3. The number of carbonyl (C=O) groups is 2. The number of hydroxylamine groups is 2. The van der Waals surface area contributed by atoms with Crippen LogP contribution in [0.15, 0.2) is 66.0 Å². The fourth-order valence-electron chi connectivity index (χ4n) is 2.42. The molecule has 2 aromatic carbocycles. The van der Waals surface area contributed by atoms with Gasteiger partial charge in [-0.15, -0.1) is 11.3 Å². The van der Waals surface area contributed by atoms with E-state index >= 15 is 0 Å². The van der Waals surface area contributed by atoms with Crippen molar-refractivity contribution in [3.8, 4) is 11.1 Å². The fourth-order valence-corrected chi connectivity index (χ4v) is 3.33. The summed E-state index contributed by atoms with van der Waals surface area (Å²) in [6, 6.07) is 18.5. The van der Waals surface area contributed by atoms with E-state index in [9.17, 15) is 9.59 Å². The second-order valence-corrected chi connectivity index (χ2v) is 6.94. The molecule has 4 nitrogen and oxygen atoms in total. The Labute approximate surface area is 160 Å². The number of carbonyl (C=O) groups excluding carboxylic acids is 2. The van der Waals surface area contributed by atoms with E-state index in [1.54, 1.807) is 24.3 Å². The van der Waals surface area contributed by atoms with Gasteiger partial charge in [-0.3, -0.25) is 4.79 Å². The zero-order valence-electron chi connectivity index (χ0n) is 14.0. The Morgan fingerprint density at radius 3 is 2.38 bits per heavy atom. The van der Waals surface area contributed by atoms with Crippen LogP contribution in [0.2, 0.25) is 5.02 Å². The molecule has 132 valence electrons. The first-order valence-corrected chi connectivity index (χ1v) is 9.18. The Morgan fingerprint density at radius 2 is 1.73 bits per heavy atom. The second-order valence-electron chi connectivity index (χ2n) is 5.59. The lowest BCUT2D eigenvalue weighted by atomic mass is 10.1. The van der Waals surface area contributed by atoms with Crippen LogP contribution in [0.5, 0.6) is 0 Å². The highest BCUT2D eigenvalue weighted by Crippen LogP contribution is 2.29. The van der Waals surface area contributed by atoms with Crippen LogP contribution in [0.25, 0.3) is 11.1 Å². The van der Waals surface area contributed by atoms with Crippen LogP contribution in [0.3, 0.4) is 0 Å². The van der Waals surface area contributed by atoms with Gasteiger partial charge < -0.3 is 4.84 Å². The first-order valence-electron chi connectivity index (χ1n) is 7.92. The van der Waals surface area contributed by atoms with Gasteiger partial charge in [0.15, 0.2) is 0 Å². The molecule has 0 saturated heterocycles. The number of hydrogen-bond acceptors (Lipinski definition) is 4. The van der Waals surface area contributed by atoms with Gasteiger partial charge in [-0.2, -0.15) is 5.06 Å². The van der Waals surface area contributed by atoms with Crippen molar-refractivity contribution in [2.45, 2.75) is 13.5 Å². The highest BCUT2D eigenvalue weighted by Gasteiger charge is 2.21. The van der Waals surface area contributed by atoms with E-state index in [2.05, 4.69) is 0 Å². The number of rotatable bonds is 4. The zero-order valence-corrected chi connectivity index (χ0v) is 15.6. The number of nitrogens with zero attached hydrogens (tertiary/aromatic N) is 1. The Hall–Kier alpha value is -2.63. The predicted octanol–water partition coefficient (Wildman–Crippen LogP) is 5.19. The molecule has 0 bridgehead atoms. The average Bonchev–Trinajstić information content (AvgIpc) is 3.13. The van der Waals surface area contributed by atoms with Gasteiger partial charge in [0.25, 0.3) is 5.91 Å². The SMILES string of the molecule is CC(=O)N(Cc1ccc(Cl)cc1)OC(=O)c1sccc1-c1ccccc1. The van der Waals surface area contributed by atoms with Crippen LogP contribution in [0.1, 0.15) is 22.2 Å². The lowest BCUT2D eigenvalue weighted by Crippen LogP contribution is -2.31. The Balaban J connectivity index is 1.78. The minimum absolute atomic E-state index is 0.157. The van der Waals surface area contributed by atoms with Gasteiger partial charge in [0.05, 0.1) is 6.54 Å². The van der Waals surface area contributed by atoms with Gasteiger partial charge in [0.1, 0.15) is 4.88 Å². The van der Waals surface area contributed by atoms with E-state index < -0.39 is 5.97 Å². The van der Waals surface area contributed by atoms with E-state index in [4.69, 9.17) is 16.4 Å². The third-order valence-electron chi connectivity index (χ3n) is 3.72. The lowest BCUT2D eigenvalue weighted by Gasteiger charge is -2.19. The van der Waals surface area contributed by atoms with Crippen LogP contribution >= 0.6 is 22.9 Å². The summed E-state index contributed by atoms with van der Waals surface area (Å²) in [5.74, 6) is -0.908. The molecule has 0 aliphatic rings. The summed E-state index contributed by atoms with van der Waals surface area (Å²) >= 11 is 7.16. The number of benzene rings is 2. The van der Waals surface area contributed by atoms with Crippen molar-refractivity contribution in [2.75, 3.05) is 0 Å². The number of thiophene rings is 1. The zero-order chi connectivity index (χ0) is 18.5. The summed E-state index contributed by atoms with van der Waals surface area (Å²) in [6.07, 6.45) is 0. The van der Waals surface area contributed by atoms with Crippen molar-refractivity contribution in [3.63, 3.8) is 0 Å². The predicted molar refractivity (Wildman–Crippen MR) is 103 cm³/mol. The van der Waals surface area contributed by atoms with Crippen LogP contribution in [-0.2, 0) is 16.2 Å². The van der Waals surface area contributed by atoms with E-state index in [0.29, 0.717) is 9.90 Å². The Bertz CT molecular complexity index is 906. The first-order chi connectivity index (χ1) is 12.5. The van der Waals surface area contributed by atoms with Crippen molar-refractivity contribution >= 4 is 34.8 Å². The molecule has 1 heterocycles. The monoisotopic (exact) mass is 385 g/mol. The van der Waals surface area contributed by atoms with E-state index in [1.807, 2.05) is 41.8 Å². The molecule has 0 aliphatic heterocycles. The molecule has 0 N–H and O–H groups in total.